The molecule has 0 amide bonds. The molecule has 1 heterocycles. The molecule has 0 aliphatic heterocycles. The Morgan fingerprint density at radius 3 is 2.64 bits per heavy atom. The van der Waals surface area contributed by atoms with Crippen LogP contribution in [0.4, 0.5) is 0 Å². The molecule has 0 N–H and O–H groups in total. The average molecular weight is 338 g/mol. The van der Waals surface area contributed by atoms with Crippen LogP contribution in [0.5, 0.6) is 11.5 Å². The van der Waals surface area contributed by atoms with E-state index in [2.05, 4.69) is 0 Å². The second-order valence-corrected chi connectivity index (χ2v) is 5.42. The minimum atomic E-state index is -0.530. The average Bonchev–Trinajstić information content (AvgIpc) is 2.61. The quantitative estimate of drug-likeness (QED) is 0.400. The van der Waals surface area contributed by atoms with E-state index in [0.29, 0.717) is 35.7 Å². The van der Waals surface area contributed by atoms with Gasteiger partial charge in [0.1, 0.15) is 22.6 Å². The third-order valence-corrected chi connectivity index (χ3v) is 3.80. The smallest absolute Gasteiger partial charge is 0.347 e. The maximum absolute atomic E-state index is 12.4. The zero-order valence-corrected chi connectivity index (χ0v) is 14.1. The first-order valence-corrected chi connectivity index (χ1v) is 8.13. The van der Waals surface area contributed by atoms with E-state index in [1.54, 1.807) is 42.5 Å². The molecule has 0 aliphatic rings. The monoisotopic (exact) mass is 338 g/mol. The van der Waals surface area contributed by atoms with Gasteiger partial charge in [0.2, 0.25) is 0 Å². The standard InChI is InChI=1S/C20H18O5/c1-3-13-11-19(21)25-18-12-14(9-10-15(13)18)24-20(22)16-7-5-6-8-17(16)23-4-2/h5-12H,3-4H2,1-2H3. The molecule has 0 saturated heterocycles. The number of hydrogen-bond acceptors (Lipinski definition) is 5. The summed E-state index contributed by atoms with van der Waals surface area (Å²) < 4.78 is 16.1. The molecule has 3 rings (SSSR count). The minimum absolute atomic E-state index is 0.306. The van der Waals surface area contributed by atoms with Crippen LogP contribution in [-0.2, 0) is 6.42 Å². The summed E-state index contributed by atoms with van der Waals surface area (Å²) in [6.45, 7) is 4.26. The molecule has 5 heteroatoms. The molecule has 25 heavy (non-hydrogen) atoms. The number of carbonyl (C=O) groups is 1. The van der Waals surface area contributed by atoms with E-state index in [9.17, 15) is 9.59 Å². The Morgan fingerprint density at radius 2 is 1.88 bits per heavy atom. The molecule has 0 fully saturated rings. The second-order valence-electron chi connectivity index (χ2n) is 5.42. The number of carbonyl (C=O) groups excluding carboxylic acids is 1. The van der Waals surface area contributed by atoms with Gasteiger partial charge in [0.25, 0.3) is 0 Å². The topological polar surface area (TPSA) is 65.7 Å². The highest BCUT2D eigenvalue weighted by atomic mass is 16.5. The largest absolute Gasteiger partial charge is 0.493 e. The van der Waals surface area contributed by atoms with Gasteiger partial charge in [-0.1, -0.05) is 19.1 Å². The van der Waals surface area contributed by atoms with Gasteiger partial charge in [-0.15, -0.1) is 0 Å². The van der Waals surface area contributed by atoms with Crippen molar-refractivity contribution in [1.29, 1.82) is 0 Å². The normalized spacial score (nSPS) is 10.6. The van der Waals surface area contributed by atoms with Crippen LogP contribution in [-0.4, -0.2) is 12.6 Å². The van der Waals surface area contributed by atoms with Crippen LogP contribution in [0.3, 0.4) is 0 Å². The Balaban J connectivity index is 1.93. The molecular formula is C20H18O5. The van der Waals surface area contributed by atoms with Crippen molar-refractivity contribution in [3.05, 3.63) is 70.1 Å². The van der Waals surface area contributed by atoms with Gasteiger partial charge in [0, 0.05) is 17.5 Å². The molecular weight excluding hydrogens is 320 g/mol. The van der Waals surface area contributed by atoms with Gasteiger partial charge in [-0.2, -0.15) is 0 Å². The number of hydrogen-bond donors (Lipinski definition) is 0. The van der Waals surface area contributed by atoms with Gasteiger partial charge in [-0.3, -0.25) is 0 Å². The first-order chi connectivity index (χ1) is 12.1. The first-order valence-electron chi connectivity index (χ1n) is 8.13. The Labute approximate surface area is 144 Å². The maximum atomic E-state index is 12.4. The van der Waals surface area contributed by atoms with Crippen LogP contribution >= 0.6 is 0 Å². The molecule has 0 aliphatic carbocycles. The van der Waals surface area contributed by atoms with Crippen molar-refractivity contribution >= 4 is 16.9 Å². The summed E-state index contributed by atoms with van der Waals surface area (Å²) in [4.78, 5) is 24.1. The van der Waals surface area contributed by atoms with Gasteiger partial charge in [0.05, 0.1) is 6.61 Å². The molecule has 0 spiro atoms. The van der Waals surface area contributed by atoms with Crippen molar-refractivity contribution in [1.82, 2.24) is 0 Å². The highest BCUT2D eigenvalue weighted by Gasteiger charge is 2.15. The van der Waals surface area contributed by atoms with Gasteiger partial charge in [0.15, 0.2) is 0 Å². The fourth-order valence-corrected chi connectivity index (χ4v) is 2.64. The molecule has 1 aromatic heterocycles. The number of benzene rings is 2. The lowest BCUT2D eigenvalue weighted by molar-refractivity contribution is 0.0730. The summed E-state index contributed by atoms with van der Waals surface area (Å²) in [6.07, 6.45) is 0.711. The van der Waals surface area contributed by atoms with Crippen LogP contribution in [0.15, 0.2) is 57.7 Å². The summed E-state index contributed by atoms with van der Waals surface area (Å²) in [5.74, 6) is 0.244. The second kappa shape index (κ2) is 7.21. The van der Waals surface area contributed by atoms with E-state index in [4.69, 9.17) is 13.9 Å². The highest BCUT2D eigenvalue weighted by Crippen LogP contribution is 2.25. The summed E-state index contributed by atoms with van der Waals surface area (Å²) in [5, 5.41) is 0.830. The summed E-state index contributed by atoms with van der Waals surface area (Å²) >= 11 is 0. The van der Waals surface area contributed by atoms with Crippen molar-refractivity contribution in [3.8, 4) is 11.5 Å². The van der Waals surface area contributed by atoms with Crippen LogP contribution < -0.4 is 15.1 Å². The van der Waals surface area contributed by atoms with E-state index in [-0.39, 0.29) is 0 Å². The Bertz CT molecular complexity index is 971. The van der Waals surface area contributed by atoms with Gasteiger partial charge >= 0.3 is 11.6 Å². The summed E-state index contributed by atoms with van der Waals surface area (Å²) in [7, 11) is 0. The van der Waals surface area contributed by atoms with E-state index in [0.717, 1.165) is 10.9 Å². The van der Waals surface area contributed by atoms with Crippen LogP contribution in [0.25, 0.3) is 11.0 Å². The SMILES string of the molecule is CCOc1ccccc1C(=O)Oc1ccc2c(CC)cc(=O)oc2c1. The number of ether oxygens (including phenoxy) is 2. The van der Waals surface area contributed by atoms with Gasteiger partial charge < -0.3 is 13.9 Å². The van der Waals surface area contributed by atoms with Crippen molar-refractivity contribution < 1.29 is 18.7 Å². The van der Waals surface area contributed by atoms with Gasteiger partial charge in [-0.05, 0) is 43.2 Å². The number of rotatable bonds is 5. The summed E-state index contributed by atoms with van der Waals surface area (Å²) in [6, 6.07) is 13.4. The van der Waals surface area contributed by atoms with Crippen molar-refractivity contribution in [3.63, 3.8) is 0 Å². The van der Waals surface area contributed by atoms with Crippen molar-refractivity contribution in [2.45, 2.75) is 20.3 Å². The van der Waals surface area contributed by atoms with E-state index in [1.165, 1.54) is 6.07 Å². The molecule has 0 atom stereocenters. The van der Waals surface area contributed by atoms with E-state index < -0.39 is 11.6 Å². The first kappa shape index (κ1) is 16.8. The molecule has 0 unspecified atom stereocenters. The molecule has 0 radical (unpaired) electrons. The molecule has 3 aromatic rings. The van der Waals surface area contributed by atoms with E-state index in [1.807, 2.05) is 13.8 Å². The fourth-order valence-electron chi connectivity index (χ4n) is 2.64. The predicted octanol–water partition coefficient (Wildman–Crippen LogP) is 3.97. The third kappa shape index (κ3) is 3.55. The lowest BCUT2D eigenvalue weighted by Crippen LogP contribution is -2.11. The lowest BCUT2D eigenvalue weighted by Gasteiger charge is -2.10. The zero-order valence-electron chi connectivity index (χ0n) is 14.1. The van der Waals surface area contributed by atoms with E-state index >= 15 is 0 Å². The van der Waals surface area contributed by atoms with Crippen LogP contribution in [0.1, 0.15) is 29.8 Å². The number of fused-ring (bicyclic) bond motifs is 1. The zero-order chi connectivity index (χ0) is 17.8. The van der Waals surface area contributed by atoms with Crippen LogP contribution in [0, 0.1) is 0 Å². The van der Waals surface area contributed by atoms with Crippen molar-refractivity contribution in [2.24, 2.45) is 0 Å². The molecule has 0 bridgehead atoms. The predicted molar refractivity (Wildman–Crippen MR) is 94.4 cm³/mol. The minimum Gasteiger partial charge on any atom is -0.493 e. The Morgan fingerprint density at radius 1 is 1.08 bits per heavy atom. The van der Waals surface area contributed by atoms with Crippen LogP contribution in [0.2, 0.25) is 0 Å². The molecule has 128 valence electrons. The fraction of sp³-hybridized carbons (Fsp3) is 0.200. The lowest BCUT2D eigenvalue weighted by atomic mass is 10.1. The number of para-hydroxylation sites is 1. The third-order valence-electron chi connectivity index (χ3n) is 3.80. The molecule has 2 aromatic carbocycles. The highest BCUT2D eigenvalue weighted by molar-refractivity contribution is 5.94. The van der Waals surface area contributed by atoms with Crippen molar-refractivity contribution in [2.75, 3.05) is 6.61 Å². The molecule has 5 nitrogen and oxygen atoms in total. The maximum Gasteiger partial charge on any atom is 0.347 e. The van der Waals surface area contributed by atoms with Gasteiger partial charge in [-0.25, -0.2) is 9.59 Å². The molecule has 0 saturated carbocycles. The summed E-state index contributed by atoms with van der Waals surface area (Å²) in [5.41, 5.74) is 1.21. The number of esters is 1. The Hall–Kier alpha value is -3.08. The Kier molecular flexibility index (Phi) is 4.84. The number of aryl methyl sites for hydroxylation is 1.